The lowest BCUT2D eigenvalue weighted by Gasteiger charge is -2.15. The third-order valence-corrected chi connectivity index (χ3v) is 2.16. The quantitative estimate of drug-likeness (QED) is 0.881. The van der Waals surface area contributed by atoms with Gasteiger partial charge in [-0.25, -0.2) is 0 Å². The number of nitrogens with two attached hydrogens (primary N) is 1. The Hall–Kier alpha value is -1.81. The molecule has 0 saturated heterocycles. The predicted molar refractivity (Wildman–Crippen MR) is 52.9 cm³/mol. The van der Waals surface area contributed by atoms with Gasteiger partial charge in [0.2, 0.25) is 0 Å². The van der Waals surface area contributed by atoms with Gasteiger partial charge in [-0.3, -0.25) is 4.98 Å². The Morgan fingerprint density at radius 3 is 2.59 bits per heavy atom. The molecular formula is C10H10F3N3O. The van der Waals surface area contributed by atoms with Gasteiger partial charge in [0.1, 0.15) is 0 Å². The second-order valence-electron chi connectivity index (χ2n) is 3.25. The lowest BCUT2D eigenvalue weighted by molar-refractivity contribution is -0.275. The second kappa shape index (κ2) is 5.01. The van der Waals surface area contributed by atoms with E-state index in [2.05, 4.69) is 9.72 Å². The second-order valence-corrected chi connectivity index (χ2v) is 3.25. The van der Waals surface area contributed by atoms with Gasteiger partial charge in [-0.15, -0.1) is 13.2 Å². The summed E-state index contributed by atoms with van der Waals surface area (Å²) in [5, 5.41) is 8.61. The molecule has 0 atom stereocenters. The van der Waals surface area contributed by atoms with Gasteiger partial charge in [-0.2, -0.15) is 5.26 Å². The first-order chi connectivity index (χ1) is 7.89. The van der Waals surface area contributed by atoms with Crippen LogP contribution in [0, 0.1) is 18.3 Å². The number of pyridine rings is 1. The van der Waals surface area contributed by atoms with Crippen LogP contribution in [0.15, 0.2) is 6.20 Å². The number of hydrogen-bond donors (Lipinski definition) is 1. The van der Waals surface area contributed by atoms with Crippen molar-refractivity contribution in [3.05, 3.63) is 23.0 Å². The van der Waals surface area contributed by atoms with Gasteiger partial charge in [-0.05, 0) is 12.5 Å². The number of aryl methyl sites for hydroxylation is 1. The molecule has 2 N–H and O–H groups in total. The summed E-state index contributed by atoms with van der Waals surface area (Å²) in [6, 6.07) is 1.78. The average molecular weight is 245 g/mol. The summed E-state index contributed by atoms with van der Waals surface area (Å²) < 4.78 is 40.2. The maximum atomic E-state index is 12.1. The van der Waals surface area contributed by atoms with Crippen LogP contribution in [-0.4, -0.2) is 11.3 Å². The molecule has 7 heteroatoms. The maximum absolute atomic E-state index is 12.1. The molecule has 0 amide bonds. The number of halogens is 3. The number of alkyl halides is 3. The van der Waals surface area contributed by atoms with E-state index in [4.69, 9.17) is 11.0 Å². The molecule has 17 heavy (non-hydrogen) atoms. The summed E-state index contributed by atoms with van der Waals surface area (Å²) in [6.07, 6.45) is -4.07. The first-order valence-corrected chi connectivity index (χ1v) is 4.69. The van der Waals surface area contributed by atoms with Crippen LogP contribution in [0.4, 0.5) is 13.2 Å². The Labute approximate surface area is 95.8 Å². The molecule has 0 aliphatic rings. The molecule has 0 fully saturated rings. The fourth-order valence-corrected chi connectivity index (χ4v) is 1.43. The van der Waals surface area contributed by atoms with Crippen LogP contribution in [0.2, 0.25) is 0 Å². The number of nitrogens with zero attached hydrogens (tertiary/aromatic N) is 2. The molecule has 1 rings (SSSR count). The minimum atomic E-state index is -4.81. The summed E-state index contributed by atoms with van der Waals surface area (Å²) >= 11 is 0. The lowest BCUT2D eigenvalue weighted by atomic mass is 10.0. The lowest BCUT2D eigenvalue weighted by Crippen LogP contribution is -2.19. The maximum Gasteiger partial charge on any atom is 0.573 e. The number of ether oxygens (including phenoxy) is 1. The Kier molecular flexibility index (Phi) is 3.91. The van der Waals surface area contributed by atoms with E-state index in [1.54, 1.807) is 13.0 Å². The molecule has 4 nitrogen and oxygen atoms in total. The first kappa shape index (κ1) is 13.3. The van der Waals surface area contributed by atoms with Crippen molar-refractivity contribution in [2.75, 3.05) is 0 Å². The molecule has 92 valence electrons. The zero-order valence-electron chi connectivity index (χ0n) is 9.01. The number of hydrogen-bond acceptors (Lipinski definition) is 4. The van der Waals surface area contributed by atoms with Crippen molar-refractivity contribution in [3.63, 3.8) is 0 Å². The number of aromatic nitrogens is 1. The Morgan fingerprint density at radius 1 is 1.47 bits per heavy atom. The van der Waals surface area contributed by atoms with Gasteiger partial charge < -0.3 is 10.5 Å². The zero-order valence-corrected chi connectivity index (χ0v) is 9.01. The molecule has 0 radical (unpaired) electrons. The monoisotopic (exact) mass is 245 g/mol. The summed E-state index contributed by atoms with van der Waals surface area (Å²) in [6.45, 7) is 1.62. The topological polar surface area (TPSA) is 71.9 Å². The van der Waals surface area contributed by atoms with Crippen molar-refractivity contribution in [2.45, 2.75) is 26.3 Å². The van der Waals surface area contributed by atoms with Crippen molar-refractivity contribution in [1.82, 2.24) is 4.98 Å². The normalized spacial score (nSPS) is 11.1. The molecular weight excluding hydrogens is 235 g/mol. The van der Waals surface area contributed by atoms with Crippen molar-refractivity contribution >= 4 is 0 Å². The third-order valence-electron chi connectivity index (χ3n) is 2.16. The largest absolute Gasteiger partial charge is 0.573 e. The van der Waals surface area contributed by atoms with Crippen molar-refractivity contribution < 1.29 is 17.9 Å². The zero-order chi connectivity index (χ0) is 13.1. The fraction of sp³-hybridized carbons (Fsp3) is 0.400. The fourth-order valence-electron chi connectivity index (χ4n) is 1.43. The molecule has 1 aromatic rings. The first-order valence-electron chi connectivity index (χ1n) is 4.69. The van der Waals surface area contributed by atoms with Gasteiger partial charge in [0.15, 0.2) is 5.75 Å². The Morgan fingerprint density at radius 2 is 2.12 bits per heavy atom. The van der Waals surface area contributed by atoms with Crippen molar-refractivity contribution in [2.24, 2.45) is 5.73 Å². The standard InChI is InChI=1S/C10H10F3N3O/c1-6-8(4-15)7(2-3-14)9(5-16-6)17-10(11,12)13/h5H,2,4,15H2,1H3. The van der Waals surface area contributed by atoms with E-state index in [0.717, 1.165) is 6.20 Å². The molecule has 0 aromatic carbocycles. The van der Waals surface area contributed by atoms with Gasteiger partial charge in [0.25, 0.3) is 0 Å². The van der Waals surface area contributed by atoms with Crippen molar-refractivity contribution in [1.29, 1.82) is 5.26 Å². The minimum absolute atomic E-state index is 0.00486. The van der Waals surface area contributed by atoms with Gasteiger partial charge in [0.05, 0.1) is 18.7 Å². The molecule has 0 aliphatic carbocycles. The van der Waals surface area contributed by atoms with Gasteiger partial charge in [-0.1, -0.05) is 0 Å². The summed E-state index contributed by atoms with van der Waals surface area (Å²) in [5.41, 5.74) is 6.47. The molecule has 1 heterocycles. The molecule has 1 aromatic heterocycles. The SMILES string of the molecule is Cc1ncc(OC(F)(F)F)c(CC#N)c1CN. The number of rotatable bonds is 3. The molecule has 0 saturated carbocycles. The van der Waals surface area contributed by atoms with Gasteiger partial charge >= 0.3 is 6.36 Å². The van der Waals surface area contributed by atoms with E-state index < -0.39 is 12.1 Å². The molecule has 0 aliphatic heterocycles. The highest BCUT2D eigenvalue weighted by atomic mass is 19.4. The van der Waals surface area contributed by atoms with E-state index in [-0.39, 0.29) is 18.5 Å². The predicted octanol–water partition coefficient (Wildman–Crippen LogP) is 1.81. The van der Waals surface area contributed by atoms with Crippen LogP contribution in [-0.2, 0) is 13.0 Å². The third kappa shape index (κ3) is 3.32. The van der Waals surface area contributed by atoms with E-state index >= 15 is 0 Å². The smallest absolute Gasteiger partial charge is 0.404 e. The van der Waals surface area contributed by atoms with Crippen LogP contribution in [0.1, 0.15) is 16.8 Å². The minimum Gasteiger partial charge on any atom is -0.404 e. The number of nitriles is 1. The van der Waals surface area contributed by atoms with Gasteiger partial charge in [0, 0.05) is 17.8 Å². The van der Waals surface area contributed by atoms with Crippen molar-refractivity contribution in [3.8, 4) is 11.8 Å². The van der Waals surface area contributed by atoms with Crippen LogP contribution < -0.4 is 10.5 Å². The molecule has 0 spiro atoms. The van der Waals surface area contributed by atoms with E-state index in [1.165, 1.54) is 0 Å². The van der Waals surface area contributed by atoms with E-state index in [0.29, 0.717) is 11.3 Å². The molecule has 0 bridgehead atoms. The van der Waals surface area contributed by atoms with E-state index in [1.807, 2.05) is 0 Å². The van der Waals surface area contributed by atoms with E-state index in [9.17, 15) is 13.2 Å². The summed E-state index contributed by atoms with van der Waals surface area (Å²) in [7, 11) is 0. The van der Waals surface area contributed by atoms with Crippen LogP contribution in [0.25, 0.3) is 0 Å². The average Bonchev–Trinajstić information content (AvgIpc) is 2.21. The Balaban J connectivity index is 3.26. The molecule has 0 unspecified atom stereocenters. The summed E-state index contributed by atoms with van der Waals surface area (Å²) in [4.78, 5) is 3.76. The summed E-state index contributed by atoms with van der Waals surface area (Å²) in [5.74, 6) is -0.467. The highest BCUT2D eigenvalue weighted by Crippen LogP contribution is 2.29. The van der Waals surface area contributed by atoms with Crippen LogP contribution in [0.5, 0.6) is 5.75 Å². The Bertz CT molecular complexity index is 451. The van der Waals surface area contributed by atoms with Crippen LogP contribution in [0.3, 0.4) is 0 Å². The highest BCUT2D eigenvalue weighted by molar-refractivity contribution is 5.42. The van der Waals surface area contributed by atoms with Crippen LogP contribution >= 0.6 is 0 Å². The highest BCUT2D eigenvalue weighted by Gasteiger charge is 2.32.